The van der Waals surface area contributed by atoms with Crippen LogP contribution in [0.15, 0.2) is 47.0 Å². The van der Waals surface area contributed by atoms with Gasteiger partial charge in [0.1, 0.15) is 12.7 Å². The lowest BCUT2D eigenvalue weighted by Crippen LogP contribution is -2.36. The summed E-state index contributed by atoms with van der Waals surface area (Å²) in [4.78, 5) is 38.1. The fourth-order valence-electron chi connectivity index (χ4n) is 2.96. The Kier molecular flexibility index (Phi) is 7.20. The lowest BCUT2D eigenvalue weighted by Gasteiger charge is -2.15. The number of carbonyl (C=O) groups excluding carboxylic acids is 3. The molecule has 1 atom stereocenters. The summed E-state index contributed by atoms with van der Waals surface area (Å²) in [5.41, 5.74) is 1.55. The van der Waals surface area contributed by atoms with Crippen LogP contribution >= 0.6 is 23.8 Å². The minimum absolute atomic E-state index is 0.0439. The van der Waals surface area contributed by atoms with Crippen LogP contribution in [0, 0.1) is 0 Å². The van der Waals surface area contributed by atoms with Crippen molar-refractivity contribution >= 4 is 58.0 Å². The van der Waals surface area contributed by atoms with Crippen LogP contribution < -0.4 is 15.5 Å². The second-order valence-corrected chi connectivity index (χ2v) is 7.56. The molecule has 30 heavy (non-hydrogen) atoms. The van der Waals surface area contributed by atoms with Crippen molar-refractivity contribution in [1.82, 2.24) is 5.32 Å². The number of methoxy groups -OCH3 is 1. The highest BCUT2D eigenvalue weighted by molar-refractivity contribution is 7.81. The third kappa shape index (κ3) is 5.44. The van der Waals surface area contributed by atoms with E-state index in [1.165, 1.54) is 18.1 Å². The van der Waals surface area contributed by atoms with Crippen LogP contribution in [0.5, 0.6) is 0 Å². The number of carbonyl (C=O) groups is 3. The molecule has 3 amide bonds. The largest absolute Gasteiger partial charge is 0.442 e. The van der Waals surface area contributed by atoms with Crippen LogP contribution in [-0.4, -0.2) is 55.7 Å². The zero-order valence-corrected chi connectivity index (χ0v) is 17.7. The number of rotatable bonds is 7. The molecule has 0 bridgehead atoms. The molecule has 1 aliphatic heterocycles. The van der Waals surface area contributed by atoms with Gasteiger partial charge in [0.2, 0.25) is 5.91 Å². The molecule has 3 rings (SSSR count). The van der Waals surface area contributed by atoms with Crippen LogP contribution in [0.25, 0.3) is 0 Å². The lowest BCUT2D eigenvalue weighted by molar-refractivity contribution is -0.119. The molecule has 1 aliphatic carbocycles. The van der Waals surface area contributed by atoms with Gasteiger partial charge in [-0.05, 0) is 30.3 Å². The molecule has 1 saturated heterocycles. The van der Waals surface area contributed by atoms with Crippen LogP contribution in [0.2, 0.25) is 0 Å². The van der Waals surface area contributed by atoms with Gasteiger partial charge in [0.05, 0.1) is 18.7 Å². The summed E-state index contributed by atoms with van der Waals surface area (Å²) >= 11 is 11.1. The number of nitrogens with zero attached hydrogens (tertiary/aromatic N) is 1. The second kappa shape index (κ2) is 9.84. The molecule has 1 unspecified atom stereocenters. The Morgan fingerprint density at radius 3 is 2.77 bits per heavy atom. The summed E-state index contributed by atoms with van der Waals surface area (Å²) in [5, 5.41) is 5.88. The molecule has 8 nitrogen and oxygen atoms in total. The molecule has 2 aliphatic rings. The van der Waals surface area contributed by atoms with E-state index in [0.717, 1.165) is 0 Å². The third-order valence-corrected chi connectivity index (χ3v) is 5.06. The van der Waals surface area contributed by atoms with Crippen molar-refractivity contribution in [2.24, 2.45) is 0 Å². The Bertz CT molecular complexity index is 929. The smallest absolute Gasteiger partial charge is 0.414 e. The molecule has 0 spiro atoms. The van der Waals surface area contributed by atoms with Crippen molar-refractivity contribution in [2.75, 3.05) is 37.0 Å². The van der Waals surface area contributed by atoms with Crippen molar-refractivity contribution in [2.45, 2.75) is 12.5 Å². The van der Waals surface area contributed by atoms with Gasteiger partial charge in [0.15, 0.2) is 0 Å². The van der Waals surface area contributed by atoms with Crippen LogP contribution in [0.3, 0.4) is 0 Å². The zero-order valence-electron chi connectivity index (χ0n) is 16.1. The van der Waals surface area contributed by atoms with E-state index in [9.17, 15) is 14.4 Å². The number of nitrogens with one attached hydrogen (secondary N) is 2. The van der Waals surface area contributed by atoms with Crippen molar-refractivity contribution in [1.29, 1.82) is 0 Å². The number of hydrogen-bond acceptors (Lipinski definition) is 6. The summed E-state index contributed by atoms with van der Waals surface area (Å²) in [6.07, 6.45) is 2.70. The number of thiocarbonyl (C=S) groups is 1. The highest BCUT2D eigenvalue weighted by atomic mass is 35.5. The van der Waals surface area contributed by atoms with Gasteiger partial charge in [-0.15, -0.1) is 0 Å². The molecule has 1 heterocycles. The molecule has 158 valence electrons. The standard InChI is InChI=1S/C20H20ClN3O5S/c1-28-11-18(25)23-13-3-5-14(6-4-13)24-10-15(29-20(24)27)9-22-19(26)16-8-12(21)2-7-17(16)30/h2-6,8,15H,7,9-11H2,1H3,(H,22,26)(H,23,25). The summed E-state index contributed by atoms with van der Waals surface area (Å²) in [6.45, 7) is 0.379. The van der Waals surface area contributed by atoms with Gasteiger partial charge in [-0.2, -0.15) is 0 Å². The van der Waals surface area contributed by atoms with E-state index in [1.807, 2.05) is 0 Å². The lowest BCUT2D eigenvalue weighted by atomic mass is 10.0. The van der Waals surface area contributed by atoms with Gasteiger partial charge in [-0.25, -0.2) is 4.79 Å². The average Bonchev–Trinajstić information content (AvgIpc) is 3.09. The van der Waals surface area contributed by atoms with Gasteiger partial charge in [-0.1, -0.05) is 29.9 Å². The predicted molar refractivity (Wildman–Crippen MR) is 117 cm³/mol. The molecule has 1 fully saturated rings. The van der Waals surface area contributed by atoms with E-state index in [4.69, 9.17) is 33.3 Å². The Labute approximate surface area is 183 Å². The molecule has 0 aromatic heterocycles. The zero-order chi connectivity index (χ0) is 21.7. The van der Waals surface area contributed by atoms with E-state index in [0.29, 0.717) is 33.3 Å². The number of ether oxygens (including phenoxy) is 2. The summed E-state index contributed by atoms with van der Waals surface area (Å²) < 4.78 is 10.1. The van der Waals surface area contributed by atoms with Gasteiger partial charge < -0.3 is 20.1 Å². The molecule has 10 heteroatoms. The van der Waals surface area contributed by atoms with Gasteiger partial charge in [0.25, 0.3) is 5.91 Å². The summed E-state index contributed by atoms with van der Waals surface area (Å²) in [5.74, 6) is -0.622. The van der Waals surface area contributed by atoms with E-state index >= 15 is 0 Å². The molecule has 0 radical (unpaired) electrons. The van der Waals surface area contributed by atoms with Gasteiger partial charge >= 0.3 is 6.09 Å². The molecular formula is C20H20ClN3O5S. The first-order chi connectivity index (χ1) is 14.4. The Morgan fingerprint density at radius 2 is 2.07 bits per heavy atom. The van der Waals surface area contributed by atoms with Crippen molar-refractivity contribution in [3.8, 4) is 0 Å². The minimum atomic E-state index is -0.510. The first-order valence-corrected chi connectivity index (χ1v) is 9.91. The van der Waals surface area contributed by atoms with E-state index < -0.39 is 12.2 Å². The number of allylic oxidation sites excluding steroid dienone is 3. The van der Waals surface area contributed by atoms with Crippen molar-refractivity contribution in [3.05, 3.63) is 47.0 Å². The van der Waals surface area contributed by atoms with Crippen LogP contribution in [0.4, 0.5) is 16.2 Å². The fourth-order valence-corrected chi connectivity index (χ4v) is 3.38. The number of benzene rings is 1. The maximum absolute atomic E-state index is 12.4. The van der Waals surface area contributed by atoms with Crippen LogP contribution in [0.1, 0.15) is 6.42 Å². The monoisotopic (exact) mass is 449 g/mol. The Morgan fingerprint density at radius 1 is 1.33 bits per heavy atom. The van der Waals surface area contributed by atoms with Gasteiger partial charge in [-0.3, -0.25) is 14.5 Å². The topological polar surface area (TPSA) is 97.0 Å². The van der Waals surface area contributed by atoms with Gasteiger partial charge in [0, 0.05) is 34.8 Å². The fraction of sp³-hybridized carbons (Fsp3) is 0.300. The van der Waals surface area contributed by atoms with E-state index in [2.05, 4.69) is 10.6 Å². The number of anilines is 2. The highest BCUT2D eigenvalue weighted by Gasteiger charge is 2.33. The minimum Gasteiger partial charge on any atom is -0.442 e. The first kappa shape index (κ1) is 21.9. The number of amides is 3. The maximum atomic E-state index is 12.4. The maximum Gasteiger partial charge on any atom is 0.414 e. The average molecular weight is 450 g/mol. The van der Waals surface area contributed by atoms with Crippen molar-refractivity contribution < 1.29 is 23.9 Å². The highest BCUT2D eigenvalue weighted by Crippen LogP contribution is 2.24. The second-order valence-electron chi connectivity index (χ2n) is 6.63. The normalized spacial score (nSPS) is 18.5. The number of cyclic esters (lactones) is 1. The third-order valence-electron chi connectivity index (χ3n) is 4.41. The SMILES string of the molecule is COCC(=O)Nc1ccc(N2CC(CNC(=O)C3=CC(Cl)=CCC3=S)OC2=O)cc1. The summed E-state index contributed by atoms with van der Waals surface area (Å²) in [7, 11) is 1.44. The Hall–Kier alpha value is -2.75. The molecular weight excluding hydrogens is 430 g/mol. The molecule has 2 N–H and O–H groups in total. The summed E-state index contributed by atoms with van der Waals surface area (Å²) in [6, 6.07) is 6.76. The van der Waals surface area contributed by atoms with E-state index in [1.54, 1.807) is 30.3 Å². The molecule has 0 saturated carbocycles. The van der Waals surface area contributed by atoms with Crippen LogP contribution in [-0.2, 0) is 19.1 Å². The van der Waals surface area contributed by atoms with E-state index in [-0.39, 0.29) is 31.5 Å². The molecule has 1 aromatic rings. The first-order valence-electron chi connectivity index (χ1n) is 9.13. The Balaban J connectivity index is 1.55. The number of hydrogen-bond donors (Lipinski definition) is 2. The predicted octanol–water partition coefficient (Wildman–Crippen LogP) is 2.54. The quantitative estimate of drug-likeness (QED) is 0.621. The number of halogens is 1. The van der Waals surface area contributed by atoms with Crippen molar-refractivity contribution in [3.63, 3.8) is 0 Å². The molecule has 1 aromatic carbocycles.